The van der Waals surface area contributed by atoms with Crippen LogP contribution in [0.4, 0.5) is 0 Å². The van der Waals surface area contributed by atoms with Crippen molar-refractivity contribution in [2.75, 3.05) is 20.1 Å². The van der Waals surface area contributed by atoms with Gasteiger partial charge in [0.15, 0.2) is 0 Å². The van der Waals surface area contributed by atoms with Crippen LogP contribution in [0.2, 0.25) is 0 Å². The van der Waals surface area contributed by atoms with Gasteiger partial charge in [-0.3, -0.25) is 14.4 Å². The Morgan fingerprint density at radius 2 is 1.80 bits per heavy atom. The third kappa shape index (κ3) is 3.11. The van der Waals surface area contributed by atoms with Crippen LogP contribution in [0.3, 0.4) is 0 Å². The lowest BCUT2D eigenvalue weighted by atomic mass is 9.95. The second kappa shape index (κ2) is 6.24. The van der Waals surface area contributed by atoms with Gasteiger partial charge in [0.2, 0.25) is 11.8 Å². The van der Waals surface area contributed by atoms with Gasteiger partial charge in [-0.25, -0.2) is 0 Å². The summed E-state index contributed by atoms with van der Waals surface area (Å²) < 4.78 is 0. The van der Waals surface area contributed by atoms with Gasteiger partial charge < -0.3 is 15.3 Å². The van der Waals surface area contributed by atoms with Gasteiger partial charge in [-0.1, -0.05) is 0 Å². The lowest BCUT2D eigenvalue weighted by molar-refractivity contribution is -0.142. The Hall–Kier alpha value is -1.59. The molecular weight excluding hydrogens is 260 g/mol. The first-order chi connectivity index (χ1) is 9.52. The van der Waals surface area contributed by atoms with Gasteiger partial charge >= 0.3 is 5.97 Å². The molecular formula is C14H22N2O4. The molecule has 3 atom stereocenters. The molecule has 1 unspecified atom stereocenters. The van der Waals surface area contributed by atoms with Crippen molar-refractivity contribution in [3.8, 4) is 0 Å². The van der Waals surface area contributed by atoms with Gasteiger partial charge in [0.1, 0.15) is 0 Å². The number of carbonyl (C=O) groups excluding carboxylic acids is 2. The van der Waals surface area contributed by atoms with Crippen LogP contribution in [0.15, 0.2) is 0 Å². The Kier molecular flexibility index (Phi) is 4.62. The average Bonchev–Trinajstić information content (AvgIpc) is 2.95. The molecule has 1 heterocycles. The quantitative estimate of drug-likeness (QED) is 0.788. The minimum Gasteiger partial charge on any atom is -0.481 e. The Bertz CT molecular complexity index is 410. The number of carboxylic acid groups (broad SMARTS) is 1. The SMILES string of the molecule is CNC(=O)C1CCCN(C(=O)[C@@H]2CC[C@H](C(=O)O)C2)C1. The maximum atomic E-state index is 12.4. The van der Waals surface area contributed by atoms with Gasteiger partial charge in [0, 0.05) is 26.1 Å². The summed E-state index contributed by atoms with van der Waals surface area (Å²) in [4.78, 5) is 36.8. The second-order valence-corrected chi connectivity index (χ2v) is 5.78. The van der Waals surface area contributed by atoms with E-state index in [0.29, 0.717) is 32.4 Å². The van der Waals surface area contributed by atoms with Gasteiger partial charge in [0.25, 0.3) is 0 Å². The zero-order valence-electron chi connectivity index (χ0n) is 11.8. The molecule has 6 nitrogen and oxygen atoms in total. The highest BCUT2D eigenvalue weighted by atomic mass is 16.4. The summed E-state index contributed by atoms with van der Waals surface area (Å²) >= 11 is 0. The minimum absolute atomic E-state index is 0.0164. The molecule has 0 aromatic rings. The summed E-state index contributed by atoms with van der Waals surface area (Å²) in [6.07, 6.45) is 3.31. The first-order valence-electron chi connectivity index (χ1n) is 7.26. The van der Waals surface area contributed by atoms with Crippen LogP contribution >= 0.6 is 0 Å². The summed E-state index contributed by atoms with van der Waals surface area (Å²) in [5.74, 6) is -1.49. The Balaban J connectivity index is 1.92. The average molecular weight is 282 g/mol. The number of likely N-dealkylation sites (tertiary alicyclic amines) is 1. The summed E-state index contributed by atoms with van der Waals surface area (Å²) in [7, 11) is 1.61. The standard InChI is InChI=1S/C14H22N2O4/c1-15-12(17)11-3-2-6-16(8-11)13(18)9-4-5-10(7-9)14(19)20/h9-11H,2-8H2,1H3,(H,15,17)(H,19,20)/t9-,10+,11?/m1/s1. The normalized spacial score (nSPS) is 30.1. The zero-order chi connectivity index (χ0) is 14.7. The van der Waals surface area contributed by atoms with Crippen LogP contribution < -0.4 is 5.32 Å². The molecule has 0 radical (unpaired) electrons. The molecule has 2 aliphatic rings. The lowest BCUT2D eigenvalue weighted by Gasteiger charge is -2.33. The highest BCUT2D eigenvalue weighted by molar-refractivity contribution is 5.83. The van der Waals surface area contributed by atoms with Crippen LogP contribution in [0, 0.1) is 17.8 Å². The number of piperidine rings is 1. The van der Waals surface area contributed by atoms with Gasteiger partial charge in [-0.05, 0) is 32.1 Å². The van der Waals surface area contributed by atoms with E-state index in [9.17, 15) is 14.4 Å². The lowest BCUT2D eigenvalue weighted by Crippen LogP contribution is -2.46. The summed E-state index contributed by atoms with van der Waals surface area (Å²) in [6, 6.07) is 0. The molecule has 1 aliphatic heterocycles. The van der Waals surface area contributed by atoms with Crippen molar-refractivity contribution in [3.05, 3.63) is 0 Å². The van der Waals surface area contributed by atoms with Crippen LogP contribution in [0.25, 0.3) is 0 Å². The van der Waals surface area contributed by atoms with Crippen molar-refractivity contribution < 1.29 is 19.5 Å². The number of hydrogen-bond donors (Lipinski definition) is 2. The molecule has 2 N–H and O–H groups in total. The number of nitrogens with zero attached hydrogens (tertiary/aromatic N) is 1. The zero-order valence-corrected chi connectivity index (χ0v) is 11.8. The van der Waals surface area contributed by atoms with E-state index in [2.05, 4.69) is 5.32 Å². The van der Waals surface area contributed by atoms with Gasteiger partial charge in [-0.2, -0.15) is 0 Å². The molecule has 2 amide bonds. The molecule has 0 spiro atoms. The van der Waals surface area contributed by atoms with Crippen LogP contribution in [-0.2, 0) is 14.4 Å². The van der Waals surface area contributed by atoms with E-state index >= 15 is 0 Å². The van der Waals surface area contributed by atoms with E-state index in [1.54, 1.807) is 11.9 Å². The monoisotopic (exact) mass is 282 g/mol. The van der Waals surface area contributed by atoms with Gasteiger partial charge in [-0.15, -0.1) is 0 Å². The highest BCUT2D eigenvalue weighted by Crippen LogP contribution is 2.33. The smallest absolute Gasteiger partial charge is 0.306 e. The van der Waals surface area contributed by atoms with E-state index < -0.39 is 5.97 Å². The van der Waals surface area contributed by atoms with Crippen molar-refractivity contribution in [1.82, 2.24) is 10.2 Å². The first kappa shape index (κ1) is 14.8. The fraction of sp³-hybridized carbons (Fsp3) is 0.786. The molecule has 1 saturated heterocycles. The number of hydrogen-bond acceptors (Lipinski definition) is 3. The molecule has 0 aromatic heterocycles. The fourth-order valence-electron chi connectivity index (χ4n) is 3.28. The van der Waals surface area contributed by atoms with E-state index in [4.69, 9.17) is 5.11 Å². The topological polar surface area (TPSA) is 86.7 Å². The highest BCUT2D eigenvalue weighted by Gasteiger charge is 2.37. The second-order valence-electron chi connectivity index (χ2n) is 5.78. The fourth-order valence-corrected chi connectivity index (χ4v) is 3.28. The minimum atomic E-state index is -0.804. The van der Waals surface area contributed by atoms with Crippen molar-refractivity contribution in [3.63, 3.8) is 0 Å². The molecule has 2 fully saturated rings. The van der Waals surface area contributed by atoms with Crippen LogP contribution in [-0.4, -0.2) is 47.9 Å². The Morgan fingerprint density at radius 3 is 2.40 bits per heavy atom. The van der Waals surface area contributed by atoms with Crippen molar-refractivity contribution in [1.29, 1.82) is 0 Å². The maximum Gasteiger partial charge on any atom is 0.306 e. The molecule has 112 valence electrons. The molecule has 0 bridgehead atoms. The maximum absolute atomic E-state index is 12.4. The largest absolute Gasteiger partial charge is 0.481 e. The predicted molar refractivity (Wildman–Crippen MR) is 71.8 cm³/mol. The molecule has 2 rings (SSSR count). The molecule has 6 heteroatoms. The number of amides is 2. The van der Waals surface area contributed by atoms with Crippen molar-refractivity contribution in [2.45, 2.75) is 32.1 Å². The van der Waals surface area contributed by atoms with E-state index in [-0.39, 0.29) is 29.6 Å². The number of carboxylic acids is 1. The molecule has 1 saturated carbocycles. The first-order valence-corrected chi connectivity index (χ1v) is 7.26. The summed E-state index contributed by atoms with van der Waals surface area (Å²) in [5.41, 5.74) is 0. The Morgan fingerprint density at radius 1 is 1.10 bits per heavy atom. The predicted octanol–water partition coefficient (Wildman–Crippen LogP) is 0.472. The molecule has 1 aliphatic carbocycles. The van der Waals surface area contributed by atoms with E-state index in [0.717, 1.165) is 12.8 Å². The third-order valence-electron chi connectivity index (χ3n) is 4.48. The van der Waals surface area contributed by atoms with E-state index in [1.807, 2.05) is 0 Å². The molecule has 0 aromatic carbocycles. The molecule has 20 heavy (non-hydrogen) atoms. The number of rotatable bonds is 3. The summed E-state index contributed by atoms with van der Waals surface area (Å²) in [6.45, 7) is 1.15. The third-order valence-corrected chi connectivity index (χ3v) is 4.48. The van der Waals surface area contributed by atoms with Gasteiger partial charge in [0.05, 0.1) is 11.8 Å². The van der Waals surface area contributed by atoms with E-state index in [1.165, 1.54) is 0 Å². The number of carbonyl (C=O) groups is 3. The van der Waals surface area contributed by atoms with Crippen LogP contribution in [0.5, 0.6) is 0 Å². The van der Waals surface area contributed by atoms with Crippen molar-refractivity contribution in [2.24, 2.45) is 17.8 Å². The number of aliphatic carboxylic acids is 1. The van der Waals surface area contributed by atoms with Crippen LogP contribution in [0.1, 0.15) is 32.1 Å². The van der Waals surface area contributed by atoms with Crippen molar-refractivity contribution >= 4 is 17.8 Å². The Labute approximate surface area is 118 Å². The summed E-state index contributed by atoms with van der Waals surface area (Å²) in [5, 5.41) is 11.6. The number of nitrogens with one attached hydrogen (secondary N) is 1.